The summed E-state index contributed by atoms with van der Waals surface area (Å²) in [5, 5.41) is 0. The Hall–Kier alpha value is -1.85. The van der Waals surface area contributed by atoms with Crippen LogP contribution in [0.3, 0.4) is 0 Å². The molecule has 3 rings (SSSR count). The third kappa shape index (κ3) is 5.06. The van der Waals surface area contributed by atoms with E-state index in [0.29, 0.717) is 5.69 Å². The summed E-state index contributed by atoms with van der Waals surface area (Å²) in [6.07, 6.45) is 4.97. The van der Waals surface area contributed by atoms with E-state index in [4.69, 9.17) is 0 Å². The summed E-state index contributed by atoms with van der Waals surface area (Å²) in [6, 6.07) is 14.6. The Morgan fingerprint density at radius 3 is 2.20 bits per heavy atom. The molecule has 25 heavy (non-hydrogen) atoms. The van der Waals surface area contributed by atoms with Crippen LogP contribution < -0.4 is 4.72 Å². The molecular formula is C20H26N2O2S. The van der Waals surface area contributed by atoms with Crippen molar-refractivity contribution in [2.24, 2.45) is 0 Å². The first-order valence-electron chi connectivity index (χ1n) is 8.94. The molecule has 0 spiro atoms. The van der Waals surface area contributed by atoms with Crippen molar-refractivity contribution in [1.29, 1.82) is 0 Å². The molecule has 1 heterocycles. The molecule has 1 aliphatic heterocycles. The second-order valence-electron chi connectivity index (χ2n) is 6.77. The fourth-order valence-corrected chi connectivity index (χ4v) is 4.20. The van der Waals surface area contributed by atoms with E-state index in [0.717, 1.165) is 18.5 Å². The molecule has 1 N–H and O–H groups in total. The third-order valence-corrected chi connectivity index (χ3v) is 6.10. The molecule has 4 nitrogen and oxygen atoms in total. The quantitative estimate of drug-likeness (QED) is 0.854. The molecule has 0 bridgehead atoms. The van der Waals surface area contributed by atoms with Crippen molar-refractivity contribution < 1.29 is 8.42 Å². The van der Waals surface area contributed by atoms with Gasteiger partial charge >= 0.3 is 0 Å². The van der Waals surface area contributed by atoms with Crippen LogP contribution in [-0.2, 0) is 16.4 Å². The van der Waals surface area contributed by atoms with Crippen molar-refractivity contribution in [3.8, 4) is 0 Å². The Kier molecular flexibility index (Phi) is 5.76. The van der Waals surface area contributed by atoms with Crippen LogP contribution in [-0.4, -0.2) is 33.0 Å². The Labute approximate surface area is 150 Å². The monoisotopic (exact) mass is 358 g/mol. The number of hydrogen-bond donors (Lipinski definition) is 1. The Morgan fingerprint density at radius 2 is 1.56 bits per heavy atom. The van der Waals surface area contributed by atoms with Gasteiger partial charge in [-0.05, 0) is 69.1 Å². The van der Waals surface area contributed by atoms with Gasteiger partial charge in [0.25, 0.3) is 10.0 Å². The summed E-state index contributed by atoms with van der Waals surface area (Å²) in [5.41, 5.74) is 2.88. The minimum absolute atomic E-state index is 0.285. The molecule has 1 aliphatic rings. The van der Waals surface area contributed by atoms with Crippen molar-refractivity contribution in [3.63, 3.8) is 0 Å². The van der Waals surface area contributed by atoms with Crippen molar-refractivity contribution >= 4 is 15.7 Å². The van der Waals surface area contributed by atoms with E-state index < -0.39 is 10.0 Å². The normalized spacial score (nSPS) is 15.9. The van der Waals surface area contributed by atoms with E-state index >= 15 is 0 Å². The molecule has 1 fully saturated rings. The minimum atomic E-state index is -3.53. The van der Waals surface area contributed by atoms with Gasteiger partial charge in [-0.1, -0.05) is 36.2 Å². The van der Waals surface area contributed by atoms with E-state index in [2.05, 4.69) is 9.62 Å². The average molecular weight is 359 g/mol. The number of likely N-dealkylation sites (tertiary alicyclic amines) is 1. The van der Waals surface area contributed by atoms with Crippen LogP contribution >= 0.6 is 0 Å². The summed E-state index contributed by atoms with van der Waals surface area (Å²) >= 11 is 0. The van der Waals surface area contributed by atoms with Gasteiger partial charge in [0.1, 0.15) is 0 Å². The van der Waals surface area contributed by atoms with Gasteiger partial charge in [0, 0.05) is 12.2 Å². The molecule has 0 amide bonds. The third-order valence-electron chi connectivity index (χ3n) is 4.70. The number of piperidine rings is 1. The van der Waals surface area contributed by atoms with Gasteiger partial charge in [-0.15, -0.1) is 0 Å². The number of nitrogens with zero attached hydrogens (tertiary/aromatic N) is 1. The van der Waals surface area contributed by atoms with E-state index in [1.807, 2.05) is 31.2 Å². The fourth-order valence-electron chi connectivity index (χ4n) is 3.14. The first kappa shape index (κ1) is 18.0. The number of hydrogen-bond acceptors (Lipinski definition) is 3. The Bertz CT molecular complexity index is 777. The van der Waals surface area contributed by atoms with Crippen LogP contribution in [0.5, 0.6) is 0 Å². The van der Waals surface area contributed by atoms with Gasteiger partial charge in [-0.25, -0.2) is 8.42 Å². The SMILES string of the molecule is Cc1ccc(S(=O)(=O)Nc2ccc(CCN3CCCCC3)cc2)cc1. The van der Waals surface area contributed by atoms with Gasteiger partial charge in [0.2, 0.25) is 0 Å². The average Bonchev–Trinajstić information content (AvgIpc) is 2.62. The molecule has 134 valence electrons. The van der Waals surface area contributed by atoms with Gasteiger partial charge in [0.15, 0.2) is 0 Å². The van der Waals surface area contributed by atoms with Crippen LogP contribution in [0.1, 0.15) is 30.4 Å². The zero-order valence-corrected chi connectivity index (χ0v) is 15.6. The Balaban J connectivity index is 1.59. The highest BCUT2D eigenvalue weighted by molar-refractivity contribution is 7.92. The first-order valence-corrected chi connectivity index (χ1v) is 10.4. The zero-order chi connectivity index (χ0) is 17.7. The zero-order valence-electron chi connectivity index (χ0n) is 14.7. The number of benzene rings is 2. The highest BCUT2D eigenvalue weighted by atomic mass is 32.2. The van der Waals surface area contributed by atoms with Gasteiger partial charge in [-0.2, -0.15) is 0 Å². The molecular weight excluding hydrogens is 332 g/mol. The van der Waals surface area contributed by atoms with Crippen LogP contribution in [0.15, 0.2) is 53.4 Å². The lowest BCUT2D eigenvalue weighted by molar-refractivity contribution is 0.231. The smallest absolute Gasteiger partial charge is 0.261 e. The highest BCUT2D eigenvalue weighted by Crippen LogP contribution is 2.18. The van der Waals surface area contributed by atoms with E-state index in [-0.39, 0.29) is 4.90 Å². The summed E-state index contributed by atoms with van der Waals surface area (Å²) in [7, 11) is -3.53. The summed E-state index contributed by atoms with van der Waals surface area (Å²) in [6.45, 7) is 5.42. The van der Waals surface area contributed by atoms with Crippen LogP contribution in [0.25, 0.3) is 0 Å². The summed E-state index contributed by atoms with van der Waals surface area (Å²) in [5.74, 6) is 0. The van der Waals surface area contributed by atoms with E-state index in [1.165, 1.54) is 37.9 Å². The lowest BCUT2D eigenvalue weighted by atomic mass is 10.1. The summed E-state index contributed by atoms with van der Waals surface area (Å²) in [4.78, 5) is 2.80. The van der Waals surface area contributed by atoms with Gasteiger partial charge in [0.05, 0.1) is 4.90 Å². The van der Waals surface area contributed by atoms with Crippen LogP contribution in [0.2, 0.25) is 0 Å². The largest absolute Gasteiger partial charge is 0.303 e. The molecule has 0 atom stereocenters. The maximum atomic E-state index is 12.4. The minimum Gasteiger partial charge on any atom is -0.303 e. The maximum Gasteiger partial charge on any atom is 0.261 e. The standard InChI is InChI=1S/C20H26N2O2S/c1-17-5-11-20(12-6-17)25(23,24)21-19-9-7-18(8-10-19)13-16-22-14-3-2-4-15-22/h5-12,21H,2-4,13-16H2,1H3. The van der Waals surface area contributed by atoms with Crippen molar-refractivity contribution in [2.75, 3.05) is 24.4 Å². The van der Waals surface area contributed by atoms with Crippen molar-refractivity contribution in [3.05, 3.63) is 59.7 Å². The molecule has 5 heteroatoms. The number of anilines is 1. The number of rotatable bonds is 6. The fraction of sp³-hybridized carbons (Fsp3) is 0.400. The lowest BCUT2D eigenvalue weighted by Crippen LogP contribution is -2.31. The second kappa shape index (κ2) is 8.02. The molecule has 2 aromatic rings. The van der Waals surface area contributed by atoms with E-state index in [9.17, 15) is 8.42 Å². The Morgan fingerprint density at radius 1 is 0.920 bits per heavy atom. The molecule has 0 aromatic heterocycles. The summed E-state index contributed by atoms with van der Waals surface area (Å²) < 4.78 is 27.5. The number of sulfonamides is 1. The lowest BCUT2D eigenvalue weighted by Gasteiger charge is -2.26. The molecule has 0 unspecified atom stereocenters. The molecule has 2 aromatic carbocycles. The first-order chi connectivity index (χ1) is 12.0. The predicted octanol–water partition coefficient (Wildman–Crippen LogP) is 3.82. The topological polar surface area (TPSA) is 49.4 Å². The van der Waals surface area contributed by atoms with Crippen molar-refractivity contribution in [2.45, 2.75) is 37.5 Å². The second-order valence-corrected chi connectivity index (χ2v) is 8.45. The van der Waals surface area contributed by atoms with Gasteiger partial charge in [-0.3, -0.25) is 4.72 Å². The molecule has 0 aliphatic carbocycles. The highest BCUT2D eigenvalue weighted by Gasteiger charge is 2.14. The molecule has 0 saturated carbocycles. The molecule has 1 saturated heterocycles. The number of nitrogens with one attached hydrogen (secondary N) is 1. The maximum absolute atomic E-state index is 12.4. The van der Waals surface area contributed by atoms with E-state index in [1.54, 1.807) is 24.3 Å². The van der Waals surface area contributed by atoms with Crippen molar-refractivity contribution in [1.82, 2.24) is 4.90 Å². The molecule has 0 radical (unpaired) electrons. The van der Waals surface area contributed by atoms with Crippen LogP contribution in [0, 0.1) is 6.92 Å². The van der Waals surface area contributed by atoms with Crippen LogP contribution in [0.4, 0.5) is 5.69 Å². The van der Waals surface area contributed by atoms with Gasteiger partial charge < -0.3 is 4.90 Å². The number of aryl methyl sites for hydroxylation is 1. The predicted molar refractivity (Wildman–Crippen MR) is 102 cm³/mol.